The Kier molecular flexibility index (Phi) is 7.56. The van der Waals surface area contributed by atoms with E-state index in [1.807, 2.05) is 25.1 Å². The predicted octanol–water partition coefficient (Wildman–Crippen LogP) is 3.46. The average molecular weight is 286 g/mol. The van der Waals surface area contributed by atoms with Crippen LogP contribution >= 0.6 is 0 Å². The molecule has 3 nitrogen and oxygen atoms in total. The summed E-state index contributed by atoms with van der Waals surface area (Å²) in [7, 11) is 0. The molecule has 114 valence electrons. The Morgan fingerprint density at radius 3 is 2.48 bits per heavy atom. The fraction of sp³-hybridized carbons (Fsp3) is 0.500. The number of hydrogen-bond acceptors (Lipinski definition) is 2. The minimum absolute atomic E-state index is 0.0964. The molecule has 0 spiro atoms. The van der Waals surface area contributed by atoms with Gasteiger partial charge in [-0.05, 0) is 43.5 Å². The molecule has 0 fully saturated rings. The molecule has 0 aliphatic carbocycles. The van der Waals surface area contributed by atoms with Crippen molar-refractivity contribution < 1.29 is 4.79 Å². The lowest BCUT2D eigenvalue weighted by atomic mass is 9.97. The number of amides is 1. The van der Waals surface area contributed by atoms with Crippen LogP contribution < -0.4 is 11.1 Å². The summed E-state index contributed by atoms with van der Waals surface area (Å²) in [5, 5.41) is 3.03. The lowest BCUT2D eigenvalue weighted by Crippen LogP contribution is -2.22. The second kappa shape index (κ2) is 9.20. The van der Waals surface area contributed by atoms with E-state index in [4.69, 9.17) is 5.73 Å². The zero-order chi connectivity index (χ0) is 15.7. The maximum atomic E-state index is 12.4. The quantitative estimate of drug-likeness (QED) is 0.787. The Labute approximate surface area is 128 Å². The van der Waals surface area contributed by atoms with Gasteiger partial charge in [-0.2, -0.15) is 0 Å². The van der Waals surface area contributed by atoms with Gasteiger partial charge in [-0.15, -0.1) is 0 Å². The first kappa shape index (κ1) is 17.3. The number of benzene rings is 1. The number of aryl methyl sites for hydroxylation is 1. The van der Waals surface area contributed by atoms with Crippen LogP contribution in [0.4, 0.5) is 5.69 Å². The summed E-state index contributed by atoms with van der Waals surface area (Å²) in [6.45, 7) is 6.57. The Balaban J connectivity index is 2.85. The first-order valence-corrected chi connectivity index (χ1v) is 7.72. The van der Waals surface area contributed by atoms with Crippen molar-refractivity contribution in [2.45, 2.75) is 46.5 Å². The van der Waals surface area contributed by atoms with Gasteiger partial charge in [0, 0.05) is 17.2 Å². The highest BCUT2D eigenvalue weighted by Crippen LogP contribution is 2.19. The predicted molar refractivity (Wildman–Crippen MR) is 89.0 cm³/mol. The van der Waals surface area contributed by atoms with Crippen molar-refractivity contribution in [3.05, 3.63) is 29.3 Å². The standard InChI is InChI=1S/C18H26N2O/c1-4-7-16(8-5-2)18(21)20-17-12-14(3)11-15(13-17)9-6-10-19/h11-13,16H,4-5,7-8,10,19H2,1-3H3,(H,20,21). The summed E-state index contributed by atoms with van der Waals surface area (Å²) >= 11 is 0. The minimum atomic E-state index is 0.0964. The van der Waals surface area contributed by atoms with E-state index in [1.165, 1.54) is 0 Å². The van der Waals surface area contributed by atoms with Crippen molar-refractivity contribution in [1.29, 1.82) is 0 Å². The second-order valence-corrected chi connectivity index (χ2v) is 5.36. The normalized spacial score (nSPS) is 10.1. The van der Waals surface area contributed by atoms with E-state index < -0.39 is 0 Å². The van der Waals surface area contributed by atoms with Crippen LogP contribution in [0.15, 0.2) is 18.2 Å². The second-order valence-electron chi connectivity index (χ2n) is 5.36. The van der Waals surface area contributed by atoms with Crippen molar-refractivity contribution in [1.82, 2.24) is 0 Å². The van der Waals surface area contributed by atoms with Gasteiger partial charge in [0.15, 0.2) is 0 Å². The van der Waals surface area contributed by atoms with E-state index in [0.29, 0.717) is 6.54 Å². The van der Waals surface area contributed by atoms with Gasteiger partial charge in [-0.3, -0.25) is 4.79 Å². The highest BCUT2D eigenvalue weighted by molar-refractivity contribution is 5.92. The van der Waals surface area contributed by atoms with Gasteiger partial charge in [0.1, 0.15) is 0 Å². The van der Waals surface area contributed by atoms with E-state index in [1.54, 1.807) is 0 Å². The van der Waals surface area contributed by atoms with Crippen molar-refractivity contribution in [3.63, 3.8) is 0 Å². The minimum Gasteiger partial charge on any atom is -0.326 e. The highest BCUT2D eigenvalue weighted by atomic mass is 16.1. The van der Waals surface area contributed by atoms with Crippen LogP contribution in [0.1, 0.15) is 50.7 Å². The molecule has 3 N–H and O–H groups in total. The van der Waals surface area contributed by atoms with Crippen LogP contribution in [0, 0.1) is 24.7 Å². The van der Waals surface area contributed by atoms with E-state index >= 15 is 0 Å². The monoisotopic (exact) mass is 286 g/mol. The maximum absolute atomic E-state index is 12.4. The Morgan fingerprint density at radius 1 is 1.24 bits per heavy atom. The summed E-state index contributed by atoms with van der Waals surface area (Å²) in [5.74, 6) is 6.06. The molecule has 21 heavy (non-hydrogen) atoms. The molecular weight excluding hydrogens is 260 g/mol. The number of carbonyl (C=O) groups excluding carboxylic acids is 1. The fourth-order valence-corrected chi connectivity index (χ4v) is 2.43. The summed E-state index contributed by atoms with van der Waals surface area (Å²) in [6.07, 6.45) is 3.93. The van der Waals surface area contributed by atoms with Crippen molar-refractivity contribution >= 4 is 11.6 Å². The molecule has 1 aromatic carbocycles. The lowest BCUT2D eigenvalue weighted by Gasteiger charge is -2.15. The first-order chi connectivity index (χ1) is 10.1. The van der Waals surface area contributed by atoms with E-state index in [2.05, 4.69) is 31.0 Å². The van der Waals surface area contributed by atoms with Crippen molar-refractivity contribution in [3.8, 4) is 11.8 Å². The number of nitrogens with one attached hydrogen (secondary N) is 1. The molecule has 0 bridgehead atoms. The molecule has 3 heteroatoms. The molecule has 0 aromatic heterocycles. The number of anilines is 1. The topological polar surface area (TPSA) is 55.1 Å². The van der Waals surface area contributed by atoms with Crippen LogP contribution in [0.2, 0.25) is 0 Å². The van der Waals surface area contributed by atoms with Gasteiger partial charge in [-0.1, -0.05) is 38.5 Å². The fourth-order valence-electron chi connectivity index (χ4n) is 2.43. The van der Waals surface area contributed by atoms with Crippen LogP contribution in [0.25, 0.3) is 0 Å². The largest absolute Gasteiger partial charge is 0.326 e. The molecule has 0 saturated heterocycles. The number of carbonyl (C=O) groups is 1. The molecular formula is C18H26N2O. The SMILES string of the molecule is CCCC(CCC)C(=O)Nc1cc(C)cc(C#CCN)c1. The zero-order valence-electron chi connectivity index (χ0n) is 13.3. The lowest BCUT2D eigenvalue weighted by molar-refractivity contribution is -0.120. The maximum Gasteiger partial charge on any atom is 0.227 e. The third kappa shape index (κ3) is 6.01. The molecule has 1 rings (SSSR count). The highest BCUT2D eigenvalue weighted by Gasteiger charge is 2.16. The Hall–Kier alpha value is -1.79. The van der Waals surface area contributed by atoms with Gasteiger partial charge >= 0.3 is 0 Å². The molecule has 0 atom stereocenters. The Morgan fingerprint density at radius 2 is 1.90 bits per heavy atom. The van der Waals surface area contributed by atoms with Gasteiger partial charge in [0.2, 0.25) is 5.91 Å². The van der Waals surface area contributed by atoms with E-state index in [-0.39, 0.29) is 11.8 Å². The van der Waals surface area contributed by atoms with Crippen LogP contribution in [-0.2, 0) is 4.79 Å². The number of nitrogens with two attached hydrogens (primary N) is 1. The molecule has 0 heterocycles. The summed E-state index contributed by atoms with van der Waals surface area (Å²) in [6, 6.07) is 5.87. The van der Waals surface area contributed by atoms with E-state index in [9.17, 15) is 4.79 Å². The van der Waals surface area contributed by atoms with Crippen LogP contribution in [0.5, 0.6) is 0 Å². The van der Waals surface area contributed by atoms with Gasteiger partial charge < -0.3 is 11.1 Å². The molecule has 1 amide bonds. The van der Waals surface area contributed by atoms with Crippen LogP contribution in [0.3, 0.4) is 0 Å². The first-order valence-electron chi connectivity index (χ1n) is 7.72. The average Bonchev–Trinajstić information content (AvgIpc) is 2.44. The Bertz CT molecular complexity index is 520. The van der Waals surface area contributed by atoms with Crippen LogP contribution in [-0.4, -0.2) is 12.5 Å². The summed E-state index contributed by atoms with van der Waals surface area (Å²) < 4.78 is 0. The molecule has 0 saturated carbocycles. The number of hydrogen-bond donors (Lipinski definition) is 2. The molecule has 0 aliphatic rings. The summed E-state index contributed by atoms with van der Waals surface area (Å²) in [5.41, 5.74) is 8.18. The van der Waals surface area contributed by atoms with Gasteiger partial charge in [0.25, 0.3) is 0 Å². The third-order valence-electron chi connectivity index (χ3n) is 3.32. The smallest absolute Gasteiger partial charge is 0.227 e. The van der Waals surface area contributed by atoms with Gasteiger partial charge in [0.05, 0.1) is 6.54 Å². The third-order valence-corrected chi connectivity index (χ3v) is 3.32. The van der Waals surface area contributed by atoms with Crippen molar-refractivity contribution in [2.24, 2.45) is 11.7 Å². The molecule has 0 aliphatic heterocycles. The summed E-state index contributed by atoms with van der Waals surface area (Å²) in [4.78, 5) is 12.4. The molecule has 1 aromatic rings. The molecule has 0 unspecified atom stereocenters. The zero-order valence-corrected chi connectivity index (χ0v) is 13.3. The van der Waals surface area contributed by atoms with E-state index in [0.717, 1.165) is 42.5 Å². The number of rotatable bonds is 6. The van der Waals surface area contributed by atoms with Gasteiger partial charge in [-0.25, -0.2) is 0 Å². The molecule has 0 radical (unpaired) electrons. The van der Waals surface area contributed by atoms with Crippen molar-refractivity contribution in [2.75, 3.05) is 11.9 Å².